The van der Waals surface area contributed by atoms with Crippen LogP contribution in [0.3, 0.4) is 0 Å². The molecule has 0 spiro atoms. The Morgan fingerprint density at radius 2 is 2.05 bits per heavy atom. The molecular formula is C16H18BrClN2S. The molecule has 2 fully saturated rings. The third kappa shape index (κ3) is 2.79. The van der Waals surface area contributed by atoms with Gasteiger partial charge in [-0.15, -0.1) is 28.3 Å². The summed E-state index contributed by atoms with van der Waals surface area (Å²) in [6, 6.07) is 8.42. The van der Waals surface area contributed by atoms with Crippen LogP contribution in [0, 0.1) is 0 Å². The van der Waals surface area contributed by atoms with Crippen molar-refractivity contribution in [2.45, 2.75) is 24.7 Å². The van der Waals surface area contributed by atoms with E-state index in [9.17, 15) is 0 Å². The van der Waals surface area contributed by atoms with E-state index in [0.717, 1.165) is 14.9 Å². The monoisotopic (exact) mass is 384 g/mol. The zero-order valence-corrected chi connectivity index (χ0v) is 15.0. The molecule has 2 aromatic rings. The van der Waals surface area contributed by atoms with E-state index in [4.69, 9.17) is 11.6 Å². The molecule has 2 aliphatic rings. The van der Waals surface area contributed by atoms with Crippen LogP contribution in [-0.4, -0.2) is 29.5 Å². The number of rotatable bonds is 2. The van der Waals surface area contributed by atoms with Crippen LogP contribution in [0.15, 0.2) is 30.5 Å². The van der Waals surface area contributed by atoms with Crippen LogP contribution in [0.2, 0.25) is 4.34 Å². The highest BCUT2D eigenvalue weighted by Gasteiger charge is 2.42. The van der Waals surface area contributed by atoms with Crippen molar-refractivity contribution < 1.29 is 0 Å². The molecule has 2 aromatic heterocycles. The molecule has 0 N–H and O–H groups in total. The summed E-state index contributed by atoms with van der Waals surface area (Å²) in [6.45, 7) is 3.75. The van der Waals surface area contributed by atoms with Gasteiger partial charge in [0.15, 0.2) is 0 Å². The molecule has 2 bridgehead atoms. The SMILES string of the molecule is Br.Clc1ccc(-c2ccc(C34CCCN(CC3)C4)cn2)s1. The van der Waals surface area contributed by atoms with Gasteiger partial charge in [-0.25, -0.2) is 0 Å². The number of pyridine rings is 1. The van der Waals surface area contributed by atoms with Crippen molar-refractivity contribution in [3.8, 4) is 10.6 Å². The number of hydrogen-bond donors (Lipinski definition) is 0. The summed E-state index contributed by atoms with van der Waals surface area (Å²) in [4.78, 5) is 8.42. The van der Waals surface area contributed by atoms with Crippen molar-refractivity contribution in [3.63, 3.8) is 0 Å². The molecule has 2 atom stereocenters. The lowest BCUT2D eigenvalue weighted by Crippen LogP contribution is -2.36. The van der Waals surface area contributed by atoms with Gasteiger partial charge < -0.3 is 4.90 Å². The van der Waals surface area contributed by atoms with E-state index in [1.807, 2.05) is 12.1 Å². The van der Waals surface area contributed by atoms with Gasteiger partial charge in [-0.05, 0) is 56.1 Å². The normalized spacial score (nSPS) is 27.4. The predicted molar refractivity (Wildman–Crippen MR) is 94.9 cm³/mol. The summed E-state index contributed by atoms with van der Waals surface area (Å²) in [5, 5.41) is 0. The van der Waals surface area contributed by atoms with Crippen molar-refractivity contribution in [2.75, 3.05) is 19.6 Å². The Balaban J connectivity index is 0.00000132. The van der Waals surface area contributed by atoms with Crippen LogP contribution in [0.5, 0.6) is 0 Å². The van der Waals surface area contributed by atoms with Crippen LogP contribution >= 0.6 is 39.9 Å². The zero-order valence-electron chi connectivity index (χ0n) is 11.7. The molecule has 0 aromatic carbocycles. The van der Waals surface area contributed by atoms with E-state index >= 15 is 0 Å². The largest absolute Gasteiger partial charge is 0.302 e. The predicted octanol–water partition coefficient (Wildman–Crippen LogP) is 4.78. The average Bonchev–Trinajstić information content (AvgIpc) is 3.04. The molecule has 5 heteroatoms. The molecule has 0 saturated carbocycles. The molecule has 112 valence electrons. The number of thiophene rings is 1. The topological polar surface area (TPSA) is 16.1 Å². The number of fused-ring (bicyclic) bond motifs is 2. The number of piperidine rings is 1. The van der Waals surface area contributed by atoms with Crippen LogP contribution in [0.25, 0.3) is 10.6 Å². The van der Waals surface area contributed by atoms with Crippen molar-refractivity contribution >= 4 is 39.9 Å². The summed E-state index contributed by atoms with van der Waals surface area (Å²) in [6.07, 6.45) is 6.02. The van der Waals surface area contributed by atoms with Gasteiger partial charge >= 0.3 is 0 Å². The number of nitrogens with zero attached hydrogens (tertiary/aromatic N) is 2. The Kier molecular flexibility index (Phi) is 4.42. The first-order chi connectivity index (χ1) is 9.75. The van der Waals surface area contributed by atoms with Crippen LogP contribution in [0.1, 0.15) is 24.8 Å². The second kappa shape index (κ2) is 5.99. The Labute approximate surface area is 144 Å². The van der Waals surface area contributed by atoms with Gasteiger partial charge in [-0.2, -0.15) is 0 Å². The second-order valence-electron chi connectivity index (χ2n) is 5.95. The smallest absolute Gasteiger partial charge is 0.0935 e. The molecule has 21 heavy (non-hydrogen) atoms. The maximum Gasteiger partial charge on any atom is 0.0935 e. The molecule has 0 aliphatic carbocycles. The lowest BCUT2D eigenvalue weighted by atomic mass is 9.75. The van der Waals surface area contributed by atoms with Crippen molar-refractivity contribution in [2.24, 2.45) is 0 Å². The molecule has 2 nitrogen and oxygen atoms in total. The van der Waals surface area contributed by atoms with Gasteiger partial charge in [0.25, 0.3) is 0 Å². The first kappa shape index (κ1) is 15.5. The Bertz CT molecular complexity index is 623. The van der Waals surface area contributed by atoms with Gasteiger partial charge in [-0.1, -0.05) is 17.7 Å². The maximum atomic E-state index is 6.00. The molecular weight excluding hydrogens is 368 g/mol. The zero-order chi connectivity index (χ0) is 13.6. The van der Waals surface area contributed by atoms with Gasteiger partial charge in [-0.3, -0.25) is 4.98 Å². The molecule has 2 unspecified atom stereocenters. The molecule has 0 radical (unpaired) electrons. The van der Waals surface area contributed by atoms with E-state index in [-0.39, 0.29) is 17.0 Å². The minimum Gasteiger partial charge on any atom is -0.302 e. The summed E-state index contributed by atoms with van der Waals surface area (Å²) < 4.78 is 0.822. The highest BCUT2D eigenvalue weighted by atomic mass is 79.9. The third-order valence-electron chi connectivity index (χ3n) is 4.76. The lowest BCUT2D eigenvalue weighted by molar-refractivity contribution is 0.243. The quantitative estimate of drug-likeness (QED) is 0.739. The number of aromatic nitrogens is 1. The van der Waals surface area contributed by atoms with Crippen LogP contribution in [0.4, 0.5) is 0 Å². The first-order valence-electron chi connectivity index (χ1n) is 7.20. The lowest BCUT2D eigenvalue weighted by Gasteiger charge is -2.34. The van der Waals surface area contributed by atoms with Gasteiger partial charge in [0.05, 0.1) is 14.9 Å². The van der Waals surface area contributed by atoms with Crippen molar-refractivity contribution in [1.82, 2.24) is 9.88 Å². The summed E-state index contributed by atoms with van der Waals surface area (Å²) in [5.41, 5.74) is 2.83. The molecule has 0 amide bonds. The third-order valence-corrected chi connectivity index (χ3v) is 6.02. The minimum atomic E-state index is 0. The van der Waals surface area contributed by atoms with E-state index in [1.54, 1.807) is 11.3 Å². The van der Waals surface area contributed by atoms with Crippen molar-refractivity contribution in [1.29, 1.82) is 0 Å². The second-order valence-corrected chi connectivity index (χ2v) is 7.66. The standard InChI is InChI=1S/C16H17ClN2S.BrH/c17-15-5-4-14(20-15)13-3-2-12(10-18-13)16-6-1-8-19(11-16)9-7-16;/h2-5,10H,1,6-9,11H2;1H. The van der Waals surface area contributed by atoms with E-state index < -0.39 is 0 Å². The van der Waals surface area contributed by atoms with Gasteiger partial charge in [0.1, 0.15) is 0 Å². The molecule has 4 heterocycles. The van der Waals surface area contributed by atoms with E-state index in [2.05, 4.69) is 28.2 Å². The first-order valence-corrected chi connectivity index (χ1v) is 8.39. The maximum absolute atomic E-state index is 6.00. The van der Waals surface area contributed by atoms with Gasteiger partial charge in [0.2, 0.25) is 0 Å². The molecule has 4 rings (SSSR count). The van der Waals surface area contributed by atoms with Gasteiger partial charge in [0, 0.05) is 18.2 Å². The number of halogens is 2. The van der Waals surface area contributed by atoms with Crippen molar-refractivity contribution in [3.05, 3.63) is 40.4 Å². The van der Waals surface area contributed by atoms with E-state index in [1.165, 1.54) is 44.5 Å². The fourth-order valence-corrected chi connectivity index (χ4v) is 4.70. The fraction of sp³-hybridized carbons (Fsp3) is 0.438. The average molecular weight is 386 g/mol. The van der Waals surface area contributed by atoms with Crippen LogP contribution in [-0.2, 0) is 5.41 Å². The summed E-state index contributed by atoms with van der Waals surface area (Å²) in [5.74, 6) is 0. The summed E-state index contributed by atoms with van der Waals surface area (Å²) in [7, 11) is 0. The Morgan fingerprint density at radius 3 is 2.76 bits per heavy atom. The highest BCUT2D eigenvalue weighted by molar-refractivity contribution is 8.93. The fourth-order valence-electron chi connectivity index (χ4n) is 3.68. The minimum absolute atomic E-state index is 0. The number of hydrogen-bond acceptors (Lipinski definition) is 3. The van der Waals surface area contributed by atoms with E-state index in [0.29, 0.717) is 5.41 Å². The molecule has 2 aliphatic heterocycles. The highest BCUT2D eigenvalue weighted by Crippen LogP contribution is 2.42. The Morgan fingerprint density at radius 1 is 1.14 bits per heavy atom. The Hall–Kier alpha value is -0.420. The molecule has 2 saturated heterocycles. The van der Waals surface area contributed by atoms with Crippen LogP contribution < -0.4 is 0 Å². The summed E-state index contributed by atoms with van der Waals surface area (Å²) >= 11 is 7.59.